The van der Waals surface area contributed by atoms with E-state index >= 15 is 0 Å². The summed E-state index contributed by atoms with van der Waals surface area (Å²) in [4.78, 5) is 28.5. The minimum atomic E-state index is -0.323. The van der Waals surface area contributed by atoms with Crippen LogP contribution in [0.1, 0.15) is 48.1 Å². The monoisotopic (exact) mass is 556 g/mol. The van der Waals surface area contributed by atoms with Gasteiger partial charge in [0.05, 0.1) is 13.2 Å². The van der Waals surface area contributed by atoms with Crippen molar-refractivity contribution < 1.29 is 23.5 Å². The summed E-state index contributed by atoms with van der Waals surface area (Å²) in [7, 11) is 1.64. The molecular formula is C34H37FN2O4. The van der Waals surface area contributed by atoms with Crippen LogP contribution in [-0.4, -0.2) is 54.3 Å². The van der Waals surface area contributed by atoms with E-state index in [1.54, 1.807) is 26.2 Å². The minimum Gasteiger partial charge on any atom is -0.465 e. The average Bonchev–Trinajstić information content (AvgIpc) is 3.28. The topological polar surface area (TPSA) is 60.8 Å². The Morgan fingerprint density at radius 2 is 1.71 bits per heavy atom. The number of esters is 1. The Labute approximate surface area is 240 Å². The molecule has 41 heavy (non-hydrogen) atoms. The zero-order valence-corrected chi connectivity index (χ0v) is 23.7. The normalized spacial score (nSPS) is 14.7. The van der Waals surface area contributed by atoms with Crippen LogP contribution in [0.2, 0.25) is 0 Å². The van der Waals surface area contributed by atoms with Crippen molar-refractivity contribution >= 4 is 22.8 Å². The van der Waals surface area contributed by atoms with E-state index in [0.717, 1.165) is 39.7 Å². The van der Waals surface area contributed by atoms with Gasteiger partial charge < -0.3 is 18.9 Å². The Morgan fingerprint density at radius 3 is 2.34 bits per heavy atom. The second-order valence-electron chi connectivity index (χ2n) is 10.5. The Kier molecular flexibility index (Phi) is 9.14. The lowest BCUT2D eigenvalue weighted by molar-refractivity contribution is -0.143. The van der Waals surface area contributed by atoms with Crippen molar-refractivity contribution in [2.45, 2.75) is 51.1 Å². The number of hydrogen-bond acceptors (Lipinski definition) is 4. The van der Waals surface area contributed by atoms with E-state index < -0.39 is 0 Å². The van der Waals surface area contributed by atoms with Gasteiger partial charge in [-0.25, -0.2) is 4.39 Å². The predicted octanol–water partition coefficient (Wildman–Crippen LogP) is 5.90. The van der Waals surface area contributed by atoms with Crippen molar-refractivity contribution in [3.8, 4) is 0 Å². The number of benzene rings is 3. The highest BCUT2D eigenvalue weighted by Crippen LogP contribution is 2.36. The fourth-order valence-electron chi connectivity index (χ4n) is 6.18. The van der Waals surface area contributed by atoms with E-state index in [0.29, 0.717) is 39.0 Å². The molecule has 1 atom stereocenters. The van der Waals surface area contributed by atoms with Gasteiger partial charge in [0.1, 0.15) is 12.4 Å². The molecule has 5 rings (SSSR count). The summed E-state index contributed by atoms with van der Waals surface area (Å²) >= 11 is 0. The molecule has 1 aliphatic rings. The molecule has 0 N–H and O–H groups in total. The van der Waals surface area contributed by atoms with Crippen molar-refractivity contribution in [1.29, 1.82) is 0 Å². The van der Waals surface area contributed by atoms with Crippen LogP contribution in [0.4, 0.5) is 4.39 Å². The van der Waals surface area contributed by atoms with E-state index in [1.165, 1.54) is 6.07 Å². The van der Waals surface area contributed by atoms with Gasteiger partial charge in [-0.05, 0) is 61.1 Å². The lowest BCUT2D eigenvalue weighted by Crippen LogP contribution is -2.45. The standard InChI is InChI=1S/C34H37FN2O4/c1-3-41-34(39)23-37-31-16-14-26(35)20-29(31)30-21-27(15-17-32(30)37)36(18-19-40-2)33(38)22-28(24-10-6-4-7-11-24)25-12-8-5-9-13-25/h4-14,16,20,27-28H,3,15,17-19,21-23H2,1-2H3/t27-/m0/s1. The first kappa shape index (κ1) is 28.6. The quantitative estimate of drug-likeness (QED) is 0.216. The maximum Gasteiger partial charge on any atom is 0.325 e. The molecule has 1 heterocycles. The Bertz CT molecular complexity index is 1450. The van der Waals surface area contributed by atoms with Crippen LogP contribution >= 0.6 is 0 Å². The molecule has 0 aliphatic heterocycles. The smallest absolute Gasteiger partial charge is 0.325 e. The zero-order chi connectivity index (χ0) is 28.8. The number of methoxy groups -OCH3 is 1. The molecule has 0 unspecified atom stereocenters. The van der Waals surface area contributed by atoms with Gasteiger partial charge in [0.15, 0.2) is 0 Å². The van der Waals surface area contributed by atoms with Crippen molar-refractivity contribution in [2.75, 3.05) is 26.9 Å². The highest BCUT2D eigenvalue weighted by Gasteiger charge is 2.33. The van der Waals surface area contributed by atoms with E-state index in [-0.39, 0.29) is 36.2 Å². The summed E-state index contributed by atoms with van der Waals surface area (Å²) < 4.78 is 27.0. The van der Waals surface area contributed by atoms with Crippen LogP contribution in [0, 0.1) is 5.82 Å². The van der Waals surface area contributed by atoms with Gasteiger partial charge in [-0.2, -0.15) is 0 Å². The molecule has 0 spiro atoms. The molecule has 6 nitrogen and oxygen atoms in total. The molecule has 0 radical (unpaired) electrons. The van der Waals surface area contributed by atoms with Crippen molar-refractivity contribution in [2.24, 2.45) is 0 Å². The minimum absolute atomic E-state index is 0.0645. The first-order chi connectivity index (χ1) is 20.0. The Balaban J connectivity index is 1.46. The number of aromatic nitrogens is 1. The van der Waals surface area contributed by atoms with Gasteiger partial charge in [0, 0.05) is 48.6 Å². The predicted molar refractivity (Wildman–Crippen MR) is 157 cm³/mol. The van der Waals surface area contributed by atoms with Crippen LogP contribution in [0.3, 0.4) is 0 Å². The third kappa shape index (κ3) is 6.35. The molecule has 4 aromatic rings. The molecule has 7 heteroatoms. The van der Waals surface area contributed by atoms with Crippen molar-refractivity contribution in [1.82, 2.24) is 9.47 Å². The van der Waals surface area contributed by atoms with Gasteiger partial charge in [-0.3, -0.25) is 9.59 Å². The van der Waals surface area contributed by atoms with Gasteiger partial charge in [0.2, 0.25) is 5.91 Å². The largest absolute Gasteiger partial charge is 0.465 e. The first-order valence-electron chi connectivity index (χ1n) is 14.3. The van der Waals surface area contributed by atoms with Crippen LogP contribution in [0.5, 0.6) is 0 Å². The second kappa shape index (κ2) is 13.1. The van der Waals surface area contributed by atoms with Gasteiger partial charge >= 0.3 is 5.97 Å². The second-order valence-corrected chi connectivity index (χ2v) is 10.5. The number of amides is 1. The zero-order valence-electron chi connectivity index (χ0n) is 23.7. The van der Waals surface area contributed by atoms with Crippen LogP contribution < -0.4 is 0 Å². The fourth-order valence-corrected chi connectivity index (χ4v) is 6.18. The van der Waals surface area contributed by atoms with Gasteiger partial charge in [-0.15, -0.1) is 0 Å². The number of halogens is 1. The van der Waals surface area contributed by atoms with E-state index in [1.807, 2.05) is 45.9 Å². The number of ether oxygens (including phenoxy) is 2. The number of carbonyl (C=O) groups is 2. The maximum absolute atomic E-state index is 14.4. The third-order valence-corrected chi connectivity index (χ3v) is 8.08. The molecular weight excluding hydrogens is 519 g/mol. The SMILES string of the molecule is CCOC(=O)Cn1c2c(c3cc(F)ccc31)C[C@@H](N(CCOC)C(=O)CC(c1ccccc1)c1ccccc1)CC2. The summed E-state index contributed by atoms with van der Waals surface area (Å²) in [5.41, 5.74) is 5.02. The molecule has 3 aromatic carbocycles. The summed E-state index contributed by atoms with van der Waals surface area (Å²) in [6.07, 6.45) is 2.33. The van der Waals surface area contributed by atoms with Crippen molar-refractivity contribution in [3.05, 3.63) is 107 Å². The lowest BCUT2D eigenvalue weighted by Gasteiger charge is -2.36. The van der Waals surface area contributed by atoms with E-state index in [9.17, 15) is 14.0 Å². The third-order valence-electron chi connectivity index (χ3n) is 8.08. The molecule has 1 aromatic heterocycles. The number of nitrogens with zero attached hydrogens (tertiary/aromatic N) is 2. The number of carbonyl (C=O) groups excluding carboxylic acids is 2. The highest BCUT2D eigenvalue weighted by molar-refractivity contribution is 5.88. The first-order valence-corrected chi connectivity index (χ1v) is 14.3. The number of hydrogen-bond donors (Lipinski definition) is 0. The lowest BCUT2D eigenvalue weighted by atomic mass is 9.86. The fraction of sp³-hybridized carbons (Fsp3) is 0.353. The molecule has 0 bridgehead atoms. The Hall–Kier alpha value is -3.97. The molecule has 0 fully saturated rings. The van der Waals surface area contributed by atoms with Crippen LogP contribution in [0.15, 0.2) is 78.9 Å². The van der Waals surface area contributed by atoms with E-state index in [4.69, 9.17) is 9.47 Å². The number of fused-ring (bicyclic) bond motifs is 3. The molecule has 1 aliphatic carbocycles. The van der Waals surface area contributed by atoms with Gasteiger partial charge in [-0.1, -0.05) is 60.7 Å². The summed E-state index contributed by atoms with van der Waals surface area (Å²) in [6.45, 7) is 3.07. The van der Waals surface area contributed by atoms with E-state index in [2.05, 4.69) is 24.3 Å². The molecule has 1 amide bonds. The summed E-state index contributed by atoms with van der Waals surface area (Å²) in [5, 5.41) is 0.791. The summed E-state index contributed by atoms with van der Waals surface area (Å²) in [5.74, 6) is -0.649. The maximum atomic E-state index is 14.4. The van der Waals surface area contributed by atoms with Gasteiger partial charge in [0.25, 0.3) is 0 Å². The molecule has 0 saturated heterocycles. The van der Waals surface area contributed by atoms with Crippen LogP contribution in [-0.2, 0) is 38.4 Å². The van der Waals surface area contributed by atoms with Crippen LogP contribution in [0.25, 0.3) is 10.9 Å². The average molecular weight is 557 g/mol. The van der Waals surface area contributed by atoms with Crippen molar-refractivity contribution in [3.63, 3.8) is 0 Å². The molecule has 0 saturated carbocycles. The highest BCUT2D eigenvalue weighted by atomic mass is 19.1. The summed E-state index contributed by atoms with van der Waals surface area (Å²) in [6, 6.07) is 24.9. The Morgan fingerprint density at radius 1 is 1.02 bits per heavy atom. The number of rotatable bonds is 11. The molecule has 214 valence electrons.